The van der Waals surface area contributed by atoms with Gasteiger partial charge in [0.2, 0.25) is 0 Å². The van der Waals surface area contributed by atoms with Gasteiger partial charge in [-0.25, -0.2) is 0 Å². The Hall–Kier alpha value is -0.520. The molecule has 0 saturated carbocycles. The molecule has 1 atom stereocenters. The van der Waals surface area contributed by atoms with Gasteiger partial charge in [-0.05, 0) is 61.1 Å². The predicted molar refractivity (Wildman–Crippen MR) is 84.0 cm³/mol. The normalized spacial score (nSPS) is 21.3. The minimum absolute atomic E-state index is 0.0885. The van der Waals surface area contributed by atoms with Crippen molar-refractivity contribution < 1.29 is 4.79 Å². The maximum Gasteiger partial charge on any atom is 0.255 e. The fraction of sp³-hybridized carbons (Fsp3) is 0.500. The van der Waals surface area contributed by atoms with Crippen molar-refractivity contribution in [2.24, 2.45) is 0 Å². The molecule has 1 unspecified atom stereocenters. The Bertz CT molecular complexity index is 481. The molecular weight excluding hydrogens is 324 g/mol. The Morgan fingerprint density at radius 3 is 2.89 bits per heavy atom. The summed E-state index contributed by atoms with van der Waals surface area (Å²) in [5.41, 5.74) is 0.698. The van der Waals surface area contributed by atoms with Crippen LogP contribution in [0.2, 0.25) is 0 Å². The van der Waals surface area contributed by atoms with Gasteiger partial charge in [0.25, 0.3) is 5.91 Å². The number of carbonyl (C=O) groups excluding carboxylic acids is 1. The SMILES string of the molecule is CC1CN(C)CCCN1C(=O)c1cc(S)ccc1Br. The van der Waals surface area contributed by atoms with Crippen LogP contribution in [0, 0.1) is 0 Å². The third-order valence-corrected chi connectivity index (χ3v) is 4.46. The van der Waals surface area contributed by atoms with Gasteiger partial charge in [0.15, 0.2) is 0 Å². The standard InChI is InChI=1S/C14H19BrN2OS/c1-10-9-16(2)6-3-7-17(10)14(18)12-8-11(19)4-5-13(12)15/h4-5,8,10,19H,3,6-7,9H2,1-2H3. The highest BCUT2D eigenvalue weighted by Gasteiger charge is 2.26. The van der Waals surface area contributed by atoms with Crippen LogP contribution in [-0.2, 0) is 0 Å². The quantitative estimate of drug-likeness (QED) is 0.793. The molecule has 5 heteroatoms. The van der Waals surface area contributed by atoms with E-state index in [1.54, 1.807) is 0 Å². The summed E-state index contributed by atoms with van der Waals surface area (Å²) >= 11 is 7.78. The highest BCUT2D eigenvalue weighted by molar-refractivity contribution is 9.10. The predicted octanol–water partition coefficient (Wildman–Crippen LogP) is 2.90. The van der Waals surface area contributed by atoms with Crippen molar-refractivity contribution in [1.82, 2.24) is 9.80 Å². The van der Waals surface area contributed by atoms with Gasteiger partial charge in [-0.15, -0.1) is 12.6 Å². The van der Waals surface area contributed by atoms with Gasteiger partial charge in [-0.1, -0.05) is 0 Å². The first-order valence-corrected chi connectivity index (χ1v) is 7.71. The van der Waals surface area contributed by atoms with Crippen LogP contribution in [0.15, 0.2) is 27.6 Å². The summed E-state index contributed by atoms with van der Waals surface area (Å²) in [5, 5.41) is 0. The van der Waals surface area contributed by atoms with Crippen molar-refractivity contribution in [3.05, 3.63) is 28.2 Å². The number of carbonyl (C=O) groups is 1. The second-order valence-electron chi connectivity index (χ2n) is 5.13. The highest BCUT2D eigenvalue weighted by atomic mass is 79.9. The zero-order valence-electron chi connectivity index (χ0n) is 11.3. The van der Waals surface area contributed by atoms with Crippen molar-refractivity contribution in [2.75, 3.05) is 26.7 Å². The van der Waals surface area contributed by atoms with Crippen LogP contribution in [0.25, 0.3) is 0 Å². The highest BCUT2D eigenvalue weighted by Crippen LogP contribution is 2.23. The number of hydrogen-bond acceptors (Lipinski definition) is 3. The van der Waals surface area contributed by atoms with Crippen LogP contribution in [0.4, 0.5) is 0 Å². The third kappa shape index (κ3) is 3.52. The van der Waals surface area contributed by atoms with Gasteiger partial charge in [-0.3, -0.25) is 4.79 Å². The molecule has 1 amide bonds. The number of halogens is 1. The molecule has 2 rings (SSSR count). The van der Waals surface area contributed by atoms with E-state index in [9.17, 15) is 4.79 Å². The number of benzene rings is 1. The third-order valence-electron chi connectivity index (χ3n) is 3.49. The molecule has 1 aliphatic heterocycles. The number of hydrogen-bond donors (Lipinski definition) is 1. The molecule has 1 fully saturated rings. The molecule has 1 saturated heterocycles. The molecule has 0 bridgehead atoms. The minimum atomic E-state index is 0.0885. The van der Waals surface area contributed by atoms with E-state index in [2.05, 4.69) is 47.4 Å². The van der Waals surface area contributed by atoms with Crippen molar-refractivity contribution >= 4 is 34.5 Å². The number of likely N-dealkylation sites (N-methyl/N-ethyl adjacent to an activating group) is 1. The molecule has 3 nitrogen and oxygen atoms in total. The average molecular weight is 343 g/mol. The lowest BCUT2D eigenvalue weighted by Gasteiger charge is -2.28. The molecule has 0 spiro atoms. The van der Waals surface area contributed by atoms with Crippen molar-refractivity contribution in [1.29, 1.82) is 0 Å². The first kappa shape index (κ1) is 14.9. The lowest BCUT2D eigenvalue weighted by atomic mass is 10.1. The van der Waals surface area contributed by atoms with Gasteiger partial charge in [0.05, 0.1) is 5.56 Å². The summed E-state index contributed by atoms with van der Waals surface area (Å²) in [6, 6.07) is 5.82. The smallest absolute Gasteiger partial charge is 0.255 e. The van der Waals surface area contributed by atoms with Gasteiger partial charge < -0.3 is 9.80 Å². The van der Waals surface area contributed by atoms with Crippen LogP contribution in [0.3, 0.4) is 0 Å². The van der Waals surface area contributed by atoms with Gasteiger partial charge in [0, 0.05) is 28.5 Å². The largest absolute Gasteiger partial charge is 0.335 e. The number of rotatable bonds is 1. The van der Waals surface area contributed by atoms with E-state index in [4.69, 9.17) is 0 Å². The lowest BCUT2D eigenvalue weighted by molar-refractivity contribution is 0.0695. The van der Waals surface area contributed by atoms with E-state index in [1.165, 1.54) is 0 Å². The van der Waals surface area contributed by atoms with Gasteiger partial charge in [-0.2, -0.15) is 0 Å². The second kappa shape index (κ2) is 6.29. The van der Waals surface area contributed by atoms with Crippen LogP contribution in [0.5, 0.6) is 0 Å². The van der Waals surface area contributed by atoms with Crippen LogP contribution < -0.4 is 0 Å². The Morgan fingerprint density at radius 1 is 1.42 bits per heavy atom. The Morgan fingerprint density at radius 2 is 2.16 bits per heavy atom. The van der Waals surface area contributed by atoms with E-state index >= 15 is 0 Å². The summed E-state index contributed by atoms with van der Waals surface area (Å²) in [7, 11) is 2.11. The molecule has 1 aliphatic rings. The zero-order valence-corrected chi connectivity index (χ0v) is 13.7. The lowest BCUT2D eigenvalue weighted by Crippen LogP contribution is -2.42. The number of amides is 1. The maximum atomic E-state index is 12.7. The molecule has 104 valence electrons. The molecule has 1 heterocycles. The molecule has 1 aromatic rings. The number of thiol groups is 1. The summed E-state index contributed by atoms with van der Waals surface area (Å²) < 4.78 is 0.833. The zero-order chi connectivity index (χ0) is 14.0. The summed E-state index contributed by atoms with van der Waals surface area (Å²) in [6.45, 7) is 4.89. The summed E-state index contributed by atoms with van der Waals surface area (Å²) in [5.74, 6) is 0.0885. The molecule has 19 heavy (non-hydrogen) atoms. The fourth-order valence-electron chi connectivity index (χ4n) is 2.51. The molecule has 0 aliphatic carbocycles. The molecule has 1 aromatic carbocycles. The maximum absolute atomic E-state index is 12.7. The van der Waals surface area contributed by atoms with E-state index < -0.39 is 0 Å². The summed E-state index contributed by atoms with van der Waals surface area (Å²) in [6.07, 6.45) is 1.02. The Kier molecular flexibility index (Phi) is 4.92. The van der Waals surface area contributed by atoms with Crippen molar-refractivity contribution in [3.8, 4) is 0 Å². The first-order chi connectivity index (χ1) is 8.99. The van der Waals surface area contributed by atoms with Crippen LogP contribution in [0.1, 0.15) is 23.7 Å². The average Bonchev–Trinajstić information content (AvgIpc) is 2.52. The Balaban J connectivity index is 2.25. The molecule has 0 aromatic heterocycles. The van der Waals surface area contributed by atoms with E-state index in [-0.39, 0.29) is 11.9 Å². The Labute approximate surface area is 128 Å². The number of nitrogens with zero attached hydrogens (tertiary/aromatic N) is 2. The minimum Gasteiger partial charge on any atom is -0.335 e. The topological polar surface area (TPSA) is 23.6 Å². The van der Waals surface area contributed by atoms with Gasteiger partial charge in [0.1, 0.15) is 0 Å². The monoisotopic (exact) mass is 342 g/mol. The second-order valence-corrected chi connectivity index (χ2v) is 6.50. The van der Waals surface area contributed by atoms with Crippen molar-refractivity contribution in [3.63, 3.8) is 0 Å². The van der Waals surface area contributed by atoms with Crippen LogP contribution >= 0.6 is 28.6 Å². The van der Waals surface area contributed by atoms with Crippen LogP contribution in [-0.4, -0.2) is 48.4 Å². The molecule has 0 N–H and O–H groups in total. The van der Waals surface area contributed by atoms with E-state index in [1.807, 2.05) is 23.1 Å². The molecule has 0 radical (unpaired) electrons. The summed E-state index contributed by atoms with van der Waals surface area (Å²) in [4.78, 5) is 17.7. The van der Waals surface area contributed by atoms with Gasteiger partial charge >= 0.3 is 0 Å². The molecular formula is C14H19BrN2OS. The van der Waals surface area contributed by atoms with E-state index in [0.29, 0.717) is 5.56 Å². The van der Waals surface area contributed by atoms with E-state index in [0.717, 1.165) is 35.4 Å². The van der Waals surface area contributed by atoms with Crippen molar-refractivity contribution in [2.45, 2.75) is 24.3 Å². The fourth-order valence-corrected chi connectivity index (χ4v) is 3.13. The first-order valence-electron chi connectivity index (χ1n) is 6.47.